The molecule has 0 radical (unpaired) electrons. The Labute approximate surface area is 114 Å². The van der Waals surface area contributed by atoms with Gasteiger partial charge in [-0.3, -0.25) is 4.79 Å². The van der Waals surface area contributed by atoms with Gasteiger partial charge in [-0.05, 0) is 35.0 Å². The molecule has 2 unspecified atom stereocenters. The van der Waals surface area contributed by atoms with Crippen LogP contribution >= 0.6 is 15.9 Å². The van der Waals surface area contributed by atoms with Gasteiger partial charge in [-0.1, -0.05) is 0 Å². The maximum atomic E-state index is 12.4. The van der Waals surface area contributed by atoms with Crippen LogP contribution in [0.25, 0.3) is 0 Å². The fourth-order valence-corrected chi connectivity index (χ4v) is 2.31. The second kappa shape index (κ2) is 5.77. The molecule has 98 valence electrons. The van der Waals surface area contributed by atoms with E-state index in [0.29, 0.717) is 23.3 Å². The minimum Gasteiger partial charge on any atom is -0.394 e. The van der Waals surface area contributed by atoms with Gasteiger partial charge in [-0.15, -0.1) is 0 Å². The molecule has 0 aromatic carbocycles. The van der Waals surface area contributed by atoms with E-state index in [9.17, 15) is 4.79 Å². The quantitative estimate of drug-likeness (QED) is 0.887. The van der Waals surface area contributed by atoms with Gasteiger partial charge in [0, 0.05) is 17.2 Å². The van der Waals surface area contributed by atoms with Gasteiger partial charge in [0.1, 0.15) is 5.69 Å². The van der Waals surface area contributed by atoms with Gasteiger partial charge in [0.15, 0.2) is 0 Å². The van der Waals surface area contributed by atoms with Crippen molar-refractivity contribution in [3.63, 3.8) is 0 Å². The number of pyridine rings is 1. The van der Waals surface area contributed by atoms with E-state index in [0.717, 1.165) is 0 Å². The van der Waals surface area contributed by atoms with E-state index in [1.54, 1.807) is 23.2 Å². The van der Waals surface area contributed by atoms with Gasteiger partial charge in [0.05, 0.1) is 25.4 Å². The molecule has 0 bridgehead atoms. The Bertz CT molecular complexity index is 441. The molecule has 0 aliphatic carbocycles. The molecule has 2 rings (SSSR count). The number of hydrogen-bond acceptors (Lipinski definition) is 4. The van der Waals surface area contributed by atoms with Crippen molar-refractivity contribution < 1.29 is 14.6 Å². The van der Waals surface area contributed by atoms with Gasteiger partial charge in [-0.2, -0.15) is 0 Å². The lowest BCUT2D eigenvalue weighted by atomic mass is 10.1. The maximum Gasteiger partial charge on any atom is 0.274 e. The lowest BCUT2D eigenvalue weighted by molar-refractivity contribution is -0.0669. The number of carbonyl (C=O) groups excluding carboxylic acids is 1. The van der Waals surface area contributed by atoms with Crippen molar-refractivity contribution >= 4 is 21.8 Å². The summed E-state index contributed by atoms with van der Waals surface area (Å²) in [6.07, 6.45) is 1.28. The van der Waals surface area contributed by atoms with Crippen molar-refractivity contribution in [3.05, 3.63) is 28.5 Å². The summed E-state index contributed by atoms with van der Waals surface area (Å²) in [5.74, 6) is -0.142. The van der Waals surface area contributed by atoms with Crippen molar-refractivity contribution in [1.82, 2.24) is 9.88 Å². The first-order valence-electron chi connectivity index (χ1n) is 5.77. The van der Waals surface area contributed by atoms with E-state index < -0.39 is 0 Å². The Morgan fingerprint density at radius 1 is 1.72 bits per heavy atom. The van der Waals surface area contributed by atoms with E-state index in [2.05, 4.69) is 20.9 Å². The molecule has 1 aromatic rings. The van der Waals surface area contributed by atoms with Gasteiger partial charge in [-0.25, -0.2) is 4.98 Å². The fourth-order valence-electron chi connectivity index (χ4n) is 1.89. The minimum absolute atomic E-state index is 0.0193. The lowest BCUT2D eigenvalue weighted by Gasteiger charge is -2.37. The highest BCUT2D eigenvalue weighted by Crippen LogP contribution is 2.19. The molecule has 1 fully saturated rings. The number of nitrogens with zero attached hydrogens (tertiary/aromatic N) is 2. The first-order valence-corrected chi connectivity index (χ1v) is 6.56. The molecule has 2 heterocycles. The van der Waals surface area contributed by atoms with E-state index in [-0.39, 0.29) is 24.7 Å². The highest BCUT2D eigenvalue weighted by Gasteiger charge is 2.31. The number of aliphatic hydroxyl groups is 1. The van der Waals surface area contributed by atoms with Crippen molar-refractivity contribution in [2.45, 2.75) is 19.1 Å². The van der Waals surface area contributed by atoms with Crippen molar-refractivity contribution in [2.75, 3.05) is 19.8 Å². The van der Waals surface area contributed by atoms with Gasteiger partial charge in [0.25, 0.3) is 5.91 Å². The predicted molar refractivity (Wildman–Crippen MR) is 69.3 cm³/mol. The van der Waals surface area contributed by atoms with Gasteiger partial charge in [0.2, 0.25) is 0 Å². The Hall–Kier alpha value is -0.980. The normalized spacial score (nSPS) is 24.1. The van der Waals surface area contributed by atoms with Crippen molar-refractivity contribution in [3.8, 4) is 0 Å². The van der Waals surface area contributed by atoms with Crippen LogP contribution in [-0.4, -0.2) is 52.8 Å². The summed E-state index contributed by atoms with van der Waals surface area (Å²) < 4.78 is 6.09. The average Bonchev–Trinajstić information content (AvgIpc) is 2.39. The zero-order chi connectivity index (χ0) is 13.1. The van der Waals surface area contributed by atoms with Crippen LogP contribution in [0.4, 0.5) is 0 Å². The molecule has 1 aliphatic heterocycles. The third-order valence-corrected chi connectivity index (χ3v) is 3.57. The van der Waals surface area contributed by atoms with Crippen LogP contribution in [-0.2, 0) is 4.74 Å². The van der Waals surface area contributed by atoms with Crippen molar-refractivity contribution in [2.24, 2.45) is 0 Å². The summed E-state index contributed by atoms with van der Waals surface area (Å²) in [5.41, 5.74) is 0.392. The van der Waals surface area contributed by atoms with E-state index in [1.807, 2.05) is 6.92 Å². The molecule has 18 heavy (non-hydrogen) atoms. The zero-order valence-corrected chi connectivity index (χ0v) is 11.6. The molecule has 2 atom stereocenters. The Morgan fingerprint density at radius 3 is 3.17 bits per heavy atom. The Kier molecular flexibility index (Phi) is 4.31. The molecule has 0 saturated carbocycles. The number of hydrogen-bond donors (Lipinski definition) is 1. The Morgan fingerprint density at radius 2 is 2.50 bits per heavy atom. The van der Waals surface area contributed by atoms with Gasteiger partial charge >= 0.3 is 0 Å². The maximum absolute atomic E-state index is 12.4. The molecule has 5 nitrogen and oxygen atoms in total. The summed E-state index contributed by atoms with van der Waals surface area (Å²) in [5, 5.41) is 9.11. The van der Waals surface area contributed by atoms with E-state index >= 15 is 0 Å². The molecule has 1 aromatic heterocycles. The molecule has 6 heteroatoms. The third-order valence-electron chi connectivity index (χ3n) is 2.93. The van der Waals surface area contributed by atoms with Crippen LogP contribution in [0.2, 0.25) is 0 Å². The standard InChI is InChI=1S/C12H15BrN2O3/c1-8-7-18-9(6-16)5-15(8)12(17)11-10(13)3-2-4-14-11/h2-4,8-9,16H,5-7H2,1H3. The summed E-state index contributed by atoms with van der Waals surface area (Å²) in [6.45, 7) is 2.66. The van der Waals surface area contributed by atoms with E-state index in [4.69, 9.17) is 9.84 Å². The van der Waals surface area contributed by atoms with Crippen molar-refractivity contribution in [1.29, 1.82) is 0 Å². The van der Waals surface area contributed by atoms with Gasteiger partial charge < -0.3 is 14.7 Å². The lowest BCUT2D eigenvalue weighted by Crippen LogP contribution is -2.52. The molecule has 1 saturated heterocycles. The summed E-state index contributed by atoms with van der Waals surface area (Å²) in [6, 6.07) is 3.53. The number of morpholine rings is 1. The second-order valence-corrected chi connectivity index (χ2v) is 5.13. The number of rotatable bonds is 2. The number of amides is 1. The highest BCUT2D eigenvalue weighted by molar-refractivity contribution is 9.10. The van der Waals surface area contributed by atoms with Crippen LogP contribution in [0.5, 0.6) is 0 Å². The number of ether oxygens (including phenoxy) is 1. The molecular weight excluding hydrogens is 300 g/mol. The number of carbonyl (C=O) groups is 1. The third kappa shape index (κ3) is 2.71. The monoisotopic (exact) mass is 314 g/mol. The number of aliphatic hydroxyl groups excluding tert-OH is 1. The first kappa shape index (κ1) is 13.5. The summed E-state index contributed by atoms with van der Waals surface area (Å²) >= 11 is 3.32. The predicted octanol–water partition coefficient (Wildman–Crippen LogP) is 1.07. The zero-order valence-electron chi connectivity index (χ0n) is 10.0. The SMILES string of the molecule is CC1COC(CO)CN1C(=O)c1ncccc1Br. The molecule has 0 spiro atoms. The fraction of sp³-hybridized carbons (Fsp3) is 0.500. The average molecular weight is 315 g/mol. The summed E-state index contributed by atoms with van der Waals surface area (Å²) in [7, 11) is 0. The van der Waals surface area contributed by atoms with Crippen LogP contribution in [0.1, 0.15) is 17.4 Å². The summed E-state index contributed by atoms with van der Waals surface area (Å²) in [4.78, 5) is 18.2. The highest BCUT2D eigenvalue weighted by atomic mass is 79.9. The minimum atomic E-state index is -0.312. The second-order valence-electron chi connectivity index (χ2n) is 4.28. The molecule has 1 N–H and O–H groups in total. The molecule has 1 aliphatic rings. The molecule has 1 amide bonds. The number of halogens is 1. The number of aromatic nitrogens is 1. The first-order chi connectivity index (χ1) is 8.63. The largest absolute Gasteiger partial charge is 0.394 e. The Balaban J connectivity index is 2.19. The van der Waals surface area contributed by atoms with Crippen LogP contribution in [0.3, 0.4) is 0 Å². The van der Waals surface area contributed by atoms with Crippen LogP contribution in [0.15, 0.2) is 22.8 Å². The van der Waals surface area contributed by atoms with Crippen LogP contribution in [0, 0.1) is 0 Å². The topological polar surface area (TPSA) is 62.7 Å². The van der Waals surface area contributed by atoms with Crippen LogP contribution < -0.4 is 0 Å². The van der Waals surface area contributed by atoms with E-state index in [1.165, 1.54) is 0 Å². The molecular formula is C12H15BrN2O3. The smallest absolute Gasteiger partial charge is 0.274 e.